The van der Waals surface area contributed by atoms with E-state index >= 15 is 0 Å². The average molecular weight is 291 g/mol. The van der Waals surface area contributed by atoms with Gasteiger partial charge in [0.15, 0.2) is 5.65 Å². The number of morpholine rings is 1. The molecule has 0 bridgehead atoms. The van der Waals surface area contributed by atoms with Gasteiger partial charge >= 0.3 is 0 Å². The van der Waals surface area contributed by atoms with Crippen molar-refractivity contribution < 1.29 is 9.84 Å². The largest absolute Gasteiger partial charge is 0.389 e. The summed E-state index contributed by atoms with van der Waals surface area (Å²) < 4.78 is 7.18. The molecule has 7 nitrogen and oxygen atoms in total. The fourth-order valence-corrected chi connectivity index (χ4v) is 2.50. The summed E-state index contributed by atoms with van der Waals surface area (Å²) in [5, 5.41) is 15.2. The van der Waals surface area contributed by atoms with E-state index < -0.39 is 5.60 Å². The molecule has 1 saturated heterocycles. The fraction of sp³-hybridized carbons (Fsp3) is 0.643. The molecule has 1 fully saturated rings. The first-order chi connectivity index (χ1) is 9.94. The second-order valence-electron chi connectivity index (χ2n) is 6.18. The second-order valence-corrected chi connectivity index (χ2v) is 6.18. The van der Waals surface area contributed by atoms with Gasteiger partial charge in [-0.05, 0) is 20.8 Å². The number of aliphatic hydroxyl groups is 1. The Kier molecular flexibility index (Phi) is 3.54. The molecule has 0 unspecified atom stereocenters. The van der Waals surface area contributed by atoms with Crippen molar-refractivity contribution in [3.8, 4) is 0 Å². The van der Waals surface area contributed by atoms with Crippen LogP contribution >= 0.6 is 0 Å². The fourth-order valence-electron chi connectivity index (χ4n) is 2.50. The predicted octanol–water partition coefficient (Wildman–Crippen LogP) is 0.822. The molecule has 2 aromatic rings. The van der Waals surface area contributed by atoms with E-state index in [4.69, 9.17) is 4.74 Å². The van der Waals surface area contributed by atoms with E-state index in [2.05, 4.69) is 26.9 Å². The van der Waals surface area contributed by atoms with Crippen molar-refractivity contribution in [1.29, 1.82) is 0 Å². The number of ether oxygens (including phenoxy) is 1. The molecule has 7 heteroatoms. The first-order valence-electron chi connectivity index (χ1n) is 7.19. The lowest BCUT2D eigenvalue weighted by Crippen LogP contribution is -2.44. The van der Waals surface area contributed by atoms with Crippen LogP contribution in [0.25, 0.3) is 11.0 Å². The van der Waals surface area contributed by atoms with Crippen LogP contribution in [0.2, 0.25) is 0 Å². The number of anilines is 1. The molecule has 0 amide bonds. The van der Waals surface area contributed by atoms with Gasteiger partial charge in [0.25, 0.3) is 0 Å². The van der Waals surface area contributed by atoms with E-state index in [-0.39, 0.29) is 6.04 Å². The minimum Gasteiger partial charge on any atom is -0.389 e. The van der Waals surface area contributed by atoms with Gasteiger partial charge in [0.2, 0.25) is 5.95 Å². The molecule has 0 aromatic carbocycles. The summed E-state index contributed by atoms with van der Waals surface area (Å²) in [5.74, 6) is 0.691. The molecular weight excluding hydrogens is 270 g/mol. The Labute approximate surface area is 123 Å². The van der Waals surface area contributed by atoms with Gasteiger partial charge < -0.3 is 14.7 Å². The zero-order valence-electron chi connectivity index (χ0n) is 12.7. The minimum absolute atomic E-state index is 0.252. The van der Waals surface area contributed by atoms with Crippen LogP contribution in [0.15, 0.2) is 12.4 Å². The average Bonchev–Trinajstić information content (AvgIpc) is 2.80. The first-order valence-corrected chi connectivity index (χ1v) is 7.19. The molecule has 1 aliphatic rings. The van der Waals surface area contributed by atoms with Crippen molar-refractivity contribution in [2.24, 2.45) is 0 Å². The van der Waals surface area contributed by atoms with E-state index in [1.165, 1.54) is 0 Å². The van der Waals surface area contributed by atoms with Crippen LogP contribution in [0.1, 0.15) is 20.8 Å². The van der Waals surface area contributed by atoms with Gasteiger partial charge in [-0.3, -0.25) is 0 Å². The lowest BCUT2D eigenvalue weighted by Gasteiger charge is -2.33. The molecule has 0 saturated carbocycles. The van der Waals surface area contributed by atoms with Crippen LogP contribution in [0.4, 0.5) is 5.95 Å². The Morgan fingerprint density at radius 2 is 2.24 bits per heavy atom. The molecule has 1 aliphatic heterocycles. The van der Waals surface area contributed by atoms with Crippen molar-refractivity contribution in [2.75, 3.05) is 24.7 Å². The molecule has 21 heavy (non-hydrogen) atoms. The van der Waals surface area contributed by atoms with Crippen LogP contribution in [0.5, 0.6) is 0 Å². The van der Waals surface area contributed by atoms with Crippen LogP contribution in [0, 0.1) is 0 Å². The summed E-state index contributed by atoms with van der Waals surface area (Å²) >= 11 is 0. The molecule has 0 radical (unpaired) electrons. The molecule has 114 valence electrons. The Bertz CT molecular complexity index is 634. The van der Waals surface area contributed by atoms with E-state index in [9.17, 15) is 5.11 Å². The summed E-state index contributed by atoms with van der Waals surface area (Å²) in [6.45, 7) is 8.16. The number of hydrogen-bond acceptors (Lipinski definition) is 6. The van der Waals surface area contributed by atoms with E-state index in [0.29, 0.717) is 25.7 Å². The van der Waals surface area contributed by atoms with E-state index in [0.717, 1.165) is 17.6 Å². The van der Waals surface area contributed by atoms with Crippen molar-refractivity contribution in [2.45, 2.75) is 39.0 Å². The summed E-state index contributed by atoms with van der Waals surface area (Å²) in [6.07, 6.45) is 3.52. The molecule has 1 atom stereocenters. The van der Waals surface area contributed by atoms with Gasteiger partial charge in [0.05, 0.1) is 43.0 Å². The van der Waals surface area contributed by atoms with E-state index in [1.54, 1.807) is 30.9 Å². The minimum atomic E-state index is -0.837. The molecule has 3 heterocycles. The monoisotopic (exact) mass is 291 g/mol. The third-order valence-corrected chi connectivity index (χ3v) is 3.53. The lowest BCUT2D eigenvalue weighted by atomic mass is 10.1. The third kappa shape index (κ3) is 2.98. The Hall–Kier alpha value is -1.73. The third-order valence-electron chi connectivity index (χ3n) is 3.53. The summed E-state index contributed by atoms with van der Waals surface area (Å²) in [6, 6.07) is 0.252. The topological polar surface area (TPSA) is 76.3 Å². The highest BCUT2D eigenvalue weighted by atomic mass is 16.5. The van der Waals surface area contributed by atoms with Gasteiger partial charge in [-0.1, -0.05) is 0 Å². The Balaban J connectivity index is 1.96. The second kappa shape index (κ2) is 5.23. The smallest absolute Gasteiger partial charge is 0.227 e. The highest BCUT2D eigenvalue weighted by Crippen LogP contribution is 2.19. The van der Waals surface area contributed by atoms with E-state index in [1.807, 2.05) is 0 Å². The van der Waals surface area contributed by atoms with Gasteiger partial charge in [-0.15, -0.1) is 0 Å². The van der Waals surface area contributed by atoms with Crippen molar-refractivity contribution in [3.63, 3.8) is 0 Å². The maximum atomic E-state index is 9.98. The Morgan fingerprint density at radius 3 is 2.95 bits per heavy atom. The van der Waals surface area contributed by atoms with Crippen LogP contribution in [-0.4, -0.2) is 56.3 Å². The number of hydrogen-bond donors (Lipinski definition) is 1. The van der Waals surface area contributed by atoms with Gasteiger partial charge in [0, 0.05) is 12.7 Å². The van der Waals surface area contributed by atoms with Crippen molar-refractivity contribution in [1.82, 2.24) is 19.7 Å². The van der Waals surface area contributed by atoms with Gasteiger partial charge in [0.1, 0.15) is 0 Å². The van der Waals surface area contributed by atoms with Gasteiger partial charge in [-0.25, -0.2) is 9.67 Å². The van der Waals surface area contributed by atoms with Gasteiger partial charge in [-0.2, -0.15) is 10.1 Å². The summed E-state index contributed by atoms with van der Waals surface area (Å²) in [5.41, 5.74) is -0.0862. The quantitative estimate of drug-likeness (QED) is 0.902. The van der Waals surface area contributed by atoms with Crippen molar-refractivity contribution >= 4 is 17.0 Å². The summed E-state index contributed by atoms with van der Waals surface area (Å²) in [4.78, 5) is 11.2. The highest BCUT2D eigenvalue weighted by Gasteiger charge is 2.23. The lowest BCUT2D eigenvalue weighted by molar-refractivity contribution is 0.0589. The summed E-state index contributed by atoms with van der Waals surface area (Å²) in [7, 11) is 0. The normalized spacial score (nSPS) is 20.2. The van der Waals surface area contributed by atoms with Crippen LogP contribution in [-0.2, 0) is 11.3 Å². The maximum absolute atomic E-state index is 9.98. The SMILES string of the molecule is C[C@@H]1COCCN1c1ncc2cnn(CC(C)(C)O)c2n1. The number of nitrogens with zero attached hydrogens (tertiary/aromatic N) is 5. The van der Waals surface area contributed by atoms with Crippen molar-refractivity contribution in [3.05, 3.63) is 12.4 Å². The number of aromatic nitrogens is 4. The molecule has 3 rings (SSSR count). The van der Waals surface area contributed by atoms with Crippen LogP contribution < -0.4 is 4.90 Å². The molecule has 2 aromatic heterocycles. The first kappa shape index (κ1) is 14.2. The maximum Gasteiger partial charge on any atom is 0.227 e. The molecule has 0 spiro atoms. The Morgan fingerprint density at radius 1 is 1.43 bits per heavy atom. The van der Waals surface area contributed by atoms with Crippen LogP contribution in [0.3, 0.4) is 0 Å². The molecule has 0 aliphatic carbocycles. The number of fused-ring (bicyclic) bond motifs is 1. The zero-order chi connectivity index (χ0) is 15.0. The standard InChI is InChI=1S/C14H21N5O2/c1-10-8-21-5-4-18(10)13-15-6-11-7-16-19(12(11)17-13)9-14(2,3)20/h6-7,10,20H,4-5,8-9H2,1-3H3/t10-/m1/s1. The number of rotatable bonds is 3. The molecular formula is C14H21N5O2. The zero-order valence-corrected chi connectivity index (χ0v) is 12.7. The predicted molar refractivity (Wildman–Crippen MR) is 79.2 cm³/mol. The highest BCUT2D eigenvalue weighted by molar-refractivity contribution is 5.74. The molecule has 1 N–H and O–H groups in total.